The Balaban J connectivity index is 1.56. The molecule has 0 bridgehead atoms. The average Bonchev–Trinajstić information content (AvgIpc) is 3.31. The Labute approximate surface area is 185 Å². The van der Waals surface area contributed by atoms with Crippen LogP contribution in [0.15, 0.2) is 66.7 Å². The Kier molecular flexibility index (Phi) is 5.85. The van der Waals surface area contributed by atoms with E-state index in [1.165, 1.54) is 11.6 Å². The van der Waals surface area contributed by atoms with Crippen molar-refractivity contribution in [3.63, 3.8) is 0 Å². The molecule has 0 spiro atoms. The van der Waals surface area contributed by atoms with Gasteiger partial charge in [0.15, 0.2) is 5.69 Å². The minimum atomic E-state index is -0.366. The highest BCUT2D eigenvalue weighted by Crippen LogP contribution is 2.19. The molecular weight excluding hydrogens is 404 g/mol. The Hall–Kier alpha value is -4.20. The molecule has 0 saturated heterocycles. The Bertz CT molecular complexity index is 1270. The van der Waals surface area contributed by atoms with E-state index in [0.717, 1.165) is 22.6 Å². The van der Waals surface area contributed by atoms with E-state index >= 15 is 0 Å². The normalized spacial score (nSPS) is 10.7. The van der Waals surface area contributed by atoms with E-state index in [-0.39, 0.29) is 17.5 Å². The van der Waals surface area contributed by atoms with E-state index in [0.29, 0.717) is 18.1 Å². The van der Waals surface area contributed by atoms with Gasteiger partial charge in [0.2, 0.25) is 5.91 Å². The fraction of sp³-hybridized carbons (Fsp3) is 0.167. The summed E-state index contributed by atoms with van der Waals surface area (Å²) in [6, 6.07) is 20.5. The summed E-state index contributed by atoms with van der Waals surface area (Å²) in [6.07, 6.45) is 0. The molecule has 2 aromatic carbocycles. The monoisotopic (exact) mass is 428 g/mol. The zero-order valence-electron chi connectivity index (χ0n) is 18.2. The largest absolute Gasteiger partial charge is 0.321 e. The van der Waals surface area contributed by atoms with Gasteiger partial charge in [-0.05, 0) is 49.7 Å². The molecule has 0 aliphatic heterocycles. The van der Waals surface area contributed by atoms with E-state index in [2.05, 4.69) is 20.8 Å². The zero-order valence-corrected chi connectivity index (χ0v) is 18.2. The van der Waals surface area contributed by atoms with Gasteiger partial charge in [0.1, 0.15) is 5.82 Å². The molecule has 32 heavy (non-hydrogen) atoms. The minimum Gasteiger partial charge on any atom is -0.321 e. The smallest absolute Gasteiger partial charge is 0.276 e. The minimum absolute atomic E-state index is 0.196. The van der Waals surface area contributed by atoms with Gasteiger partial charge in [-0.2, -0.15) is 10.2 Å². The molecule has 0 aliphatic rings. The number of aryl methyl sites for hydroxylation is 2. The highest BCUT2D eigenvalue weighted by atomic mass is 16.2. The van der Waals surface area contributed by atoms with Crippen molar-refractivity contribution in [1.29, 1.82) is 0 Å². The molecule has 4 aromatic rings. The summed E-state index contributed by atoms with van der Waals surface area (Å²) in [5.74, 6) is -0.187. The lowest BCUT2D eigenvalue weighted by Crippen LogP contribution is -2.14. The molecule has 0 saturated carbocycles. The first-order valence-electron chi connectivity index (χ1n) is 10.2. The third kappa shape index (κ3) is 4.75. The lowest BCUT2D eigenvalue weighted by Gasteiger charge is -2.08. The molecule has 0 atom stereocenters. The fourth-order valence-electron chi connectivity index (χ4n) is 3.48. The third-order valence-electron chi connectivity index (χ3n) is 4.87. The van der Waals surface area contributed by atoms with Crippen molar-refractivity contribution < 1.29 is 9.59 Å². The van der Waals surface area contributed by atoms with Crippen LogP contribution in [0.4, 0.5) is 11.5 Å². The van der Waals surface area contributed by atoms with Gasteiger partial charge in [-0.3, -0.25) is 14.3 Å². The molecule has 4 rings (SSSR count). The van der Waals surface area contributed by atoms with Crippen LogP contribution in [0.25, 0.3) is 5.69 Å². The van der Waals surface area contributed by atoms with Crippen LogP contribution >= 0.6 is 0 Å². The molecule has 2 heterocycles. The topological polar surface area (TPSA) is 93.8 Å². The lowest BCUT2D eigenvalue weighted by atomic mass is 10.2. The summed E-state index contributed by atoms with van der Waals surface area (Å²) < 4.78 is 3.47. The van der Waals surface area contributed by atoms with Crippen LogP contribution < -0.4 is 10.6 Å². The lowest BCUT2D eigenvalue weighted by molar-refractivity contribution is -0.114. The number of hydrogen-bond donors (Lipinski definition) is 2. The Morgan fingerprint density at radius 2 is 1.69 bits per heavy atom. The Morgan fingerprint density at radius 3 is 2.38 bits per heavy atom. The number of nitrogens with one attached hydrogen (secondary N) is 2. The second-order valence-electron chi connectivity index (χ2n) is 7.58. The number of carbonyl (C=O) groups excluding carboxylic acids is 2. The molecule has 8 nitrogen and oxygen atoms in total. The standard InChI is InChI=1S/C24H24N6O2/c1-16-12-17(2)29(27-16)15-19-8-7-9-20(13-19)26-24(32)22-14-23(25-18(3)31)30(28-22)21-10-5-4-6-11-21/h4-14H,15H2,1-3H3,(H,25,31)(H,26,32). The first kappa shape index (κ1) is 21.0. The first-order valence-corrected chi connectivity index (χ1v) is 10.2. The second kappa shape index (κ2) is 8.89. The van der Waals surface area contributed by atoms with Gasteiger partial charge in [0, 0.05) is 24.4 Å². The predicted molar refractivity (Wildman–Crippen MR) is 123 cm³/mol. The number of rotatable bonds is 6. The summed E-state index contributed by atoms with van der Waals surface area (Å²) in [5.41, 5.74) is 4.65. The van der Waals surface area contributed by atoms with Crippen molar-refractivity contribution in [2.24, 2.45) is 0 Å². The van der Waals surface area contributed by atoms with Crippen molar-refractivity contribution >= 4 is 23.3 Å². The molecule has 2 amide bonds. The van der Waals surface area contributed by atoms with Crippen molar-refractivity contribution in [3.05, 3.63) is 89.4 Å². The van der Waals surface area contributed by atoms with Crippen molar-refractivity contribution in [2.75, 3.05) is 10.6 Å². The maximum Gasteiger partial charge on any atom is 0.276 e. The average molecular weight is 428 g/mol. The fourth-order valence-corrected chi connectivity index (χ4v) is 3.48. The van der Waals surface area contributed by atoms with Crippen LogP contribution in [0.2, 0.25) is 0 Å². The van der Waals surface area contributed by atoms with E-state index in [1.54, 1.807) is 6.07 Å². The zero-order chi connectivity index (χ0) is 22.7. The van der Waals surface area contributed by atoms with Crippen LogP contribution in [0, 0.1) is 13.8 Å². The number of amides is 2. The summed E-state index contributed by atoms with van der Waals surface area (Å²) in [7, 11) is 0. The number of benzene rings is 2. The summed E-state index contributed by atoms with van der Waals surface area (Å²) in [5, 5.41) is 14.5. The van der Waals surface area contributed by atoms with Gasteiger partial charge in [0.25, 0.3) is 5.91 Å². The Morgan fingerprint density at radius 1 is 0.906 bits per heavy atom. The van der Waals surface area contributed by atoms with Crippen LogP contribution in [0.5, 0.6) is 0 Å². The summed E-state index contributed by atoms with van der Waals surface area (Å²) in [4.78, 5) is 24.5. The SMILES string of the molecule is CC(=O)Nc1cc(C(=O)Nc2cccc(Cn3nc(C)cc3C)c2)nn1-c1ccccc1. The van der Waals surface area contributed by atoms with Gasteiger partial charge in [0.05, 0.1) is 17.9 Å². The number of para-hydroxylation sites is 1. The van der Waals surface area contributed by atoms with Gasteiger partial charge >= 0.3 is 0 Å². The quantitative estimate of drug-likeness (QED) is 0.486. The molecular formula is C24H24N6O2. The molecule has 162 valence electrons. The van der Waals surface area contributed by atoms with Crippen LogP contribution in [-0.2, 0) is 11.3 Å². The van der Waals surface area contributed by atoms with Crippen molar-refractivity contribution in [2.45, 2.75) is 27.3 Å². The van der Waals surface area contributed by atoms with Gasteiger partial charge in [-0.25, -0.2) is 4.68 Å². The molecule has 2 N–H and O–H groups in total. The van der Waals surface area contributed by atoms with E-state index < -0.39 is 0 Å². The highest BCUT2D eigenvalue weighted by Gasteiger charge is 2.17. The first-order chi connectivity index (χ1) is 15.4. The molecule has 8 heteroatoms. The maximum absolute atomic E-state index is 12.9. The van der Waals surface area contributed by atoms with Gasteiger partial charge < -0.3 is 10.6 Å². The second-order valence-corrected chi connectivity index (χ2v) is 7.58. The number of aromatic nitrogens is 4. The molecule has 0 unspecified atom stereocenters. The number of hydrogen-bond acceptors (Lipinski definition) is 4. The summed E-state index contributed by atoms with van der Waals surface area (Å²) >= 11 is 0. The van der Waals surface area contributed by atoms with E-state index in [9.17, 15) is 9.59 Å². The third-order valence-corrected chi connectivity index (χ3v) is 4.87. The predicted octanol–water partition coefficient (Wildman–Crippen LogP) is 3.94. The molecule has 2 aromatic heterocycles. The molecule has 0 aliphatic carbocycles. The van der Waals surface area contributed by atoms with Crippen LogP contribution in [0.1, 0.15) is 34.4 Å². The van der Waals surface area contributed by atoms with E-state index in [1.807, 2.05) is 79.2 Å². The number of carbonyl (C=O) groups is 2. The van der Waals surface area contributed by atoms with Gasteiger partial charge in [-0.1, -0.05) is 30.3 Å². The maximum atomic E-state index is 12.9. The van der Waals surface area contributed by atoms with Crippen molar-refractivity contribution in [3.8, 4) is 5.69 Å². The van der Waals surface area contributed by atoms with Crippen molar-refractivity contribution in [1.82, 2.24) is 19.6 Å². The summed E-state index contributed by atoms with van der Waals surface area (Å²) in [6.45, 7) is 6.00. The van der Waals surface area contributed by atoms with Gasteiger partial charge in [-0.15, -0.1) is 0 Å². The molecule has 0 radical (unpaired) electrons. The van der Waals surface area contributed by atoms with E-state index in [4.69, 9.17) is 0 Å². The number of nitrogens with zero attached hydrogens (tertiary/aromatic N) is 4. The highest BCUT2D eigenvalue weighted by molar-refractivity contribution is 6.04. The molecule has 0 fully saturated rings. The van der Waals surface area contributed by atoms with Crippen LogP contribution in [-0.4, -0.2) is 31.4 Å². The van der Waals surface area contributed by atoms with Crippen LogP contribution in [0.3, 0.4) is 0 Å². The number of anilines is 2.